The van der Waals surface area contributed by atoms with Gasteiger partial charge in [-0.3, -0.25) is 9.10 Å². The molecule has 2 aromatic carbocycles. The van der Waals surface area contributed by atoms with Gasteiger partial charge in [-0.2, -0.15) is 0 Å². The van der Waals surface area contributed by atoms with Crippen molar-refractivity contribution in [1.29, 1.82) is 0 Å². The highest BCUT2D eigenvalue weighted by Crippen LogP contribution is 2.22. The van der Waals surface area contributed by atoms with Crippen molar-refractivity contribution in [2.75, 3.05) is 24.7 Å². The number of sulfonamides is 1. The summed E-state index contributed by atoms with van der Waals surface area (Å²) in [4.78, 5) is 14.4. The van der Waals surface area contributed by atoms with Gasteiger partial charge < -0.3 is 9.64 Å². The lowest BCUT2D eigenvalue weighted by atomic mass is 10.1. The molecule has 0 N–H and O–H groups in total. The molecule has 2 rings (SSSR count). The van der Waals surface area contributed by atoms with Gasteiger partial charge in [-0.1, -0.05) is 36.8 Å². The predicted molar refractivity (Wildman–Crippen MR) is 112 cm³/mol. The number of hydrogen-bond donors (Lipinski definition) is 0. The second-order valence-corrected chi connectivity index (χ2v) is 8.93. The number of aryl methyl sites for hydroxylation is 1. The van der Waals surface area contributed by atoms with Crippen molar-refractivity contribution < 1.29 is 17.9 Å². The fraction of sp³-hybridized carbons (Fsp3) is 0.381. The first-order valence-electron chi connectivity index (χ1n) is 9.13. The van der Waals surface area contributed by atoms with Crippen molar-refractivity contribution >= 4 is 21.6 Å². The van der Waals surface area contributed by atoms with E-state index in [1.807, 2.05) is 38.1 Å². The Morgan fingerprint density at radius 3 is 2.11 bits per heavy atom. The largest absolute Gasteiger partial charge is 0.481 e. The molecule has 0 saturated carbocycles. The average Bonchev–Trinajstić information content (AvgIpc) is 2.66. The van der Waals surface area contributed by atoms with Crippen molar-refractivity contribution in [3.8, 4) is 5.75 Å². The van der Waals surface area contributed by atoms with Crippen LogP contribution in [0.1, 0.15) is 24.5 Å². The third kappa shape index (κ3) is 5.73. The minimum Gasteiger partial charge on any atom is -0.481 e. The number of likely N-dealkylation sites (N-methyl/N-ethyl adjacent to an activating group) is 1. The first-order valence-corrected chi connectivity index (χ1v) is 11.0. The standard InChI is InChI=1S/C21H28N2O4S/c1-6-20(21(24)22(3)15-17-9-7-16(2)8-10-17)27-19-13-11-18(12-14-19)23(4)28(5,25)26/h7-14,20H,6,15H2,1-5H3. The second kappa shape index (κ2) is 9.10. The molecule has 0 aromatic heterocycles. The van der Waals surface area contributed by atoms with Crippen LogP contribution in [-0.2, 0) is 21.4 Å². The molecule has 152 valence electrons. The van der Waals surface area contributed by atoms with Crippen LogP contribution in [0.4, 0.5) is 5.69 Å². The summed E-state index contributed by atoms with van der Waals surface area (Å²) in [6, 6.07) is 14.7. The first kappa shape index (κ1) is 21.8. The van der Waals surface area contributed by atoms with Crippen molar-refractivity contribution in [3.05, 3.63) is 59.7 Å². The maximum atomic E-state index is 12.8. The summed E-state index contributed by atoms with van der Waals surface area (Å²) in [7, 11) is -0.0699. The fourth-order valence-electron chi connectivity index (χ4n) is 2.69. The van der Waals surface area contributed by atoms with E-state index in [-0.39, 0.29) is 5.91 Å². The average molecular weight is 405 g/mol. The molecule has 2 aromatic rings. The highest BCUT2D eigenvalue weighted by molar-refractivity contribution is 7.92. The van der Waals surface area contributed by atoms with Gasteiger partial charge in [-0.15, -0.1) is 0 Å². The molecule has 0 aliphatic carbocycles. The zero-order chi connectivity index (χ0) is 20.9. The molecule has 1 unspecified atom stereocenters. The smallest absolute Gasteiger partial charge is 0.263 e. The monoisotopic (exact) mass is 404 g/mol. The number of amides is 1. The van der Waals surface area contributed by atoms with Crippen LogP contribution < -0.4 is 9.04 Å². The quantitative estimate of drug-likeness (QED) is 0.678. The fourth-order valence-corrected chi connectivity index (χ4v) is 3.19. The predicted octanol–water partition coefficient (Wildman–Crippen LogP) is 3.21. The number of carbonyl (C=O) groups excluding carboxylic acids is 1. The Morgan fingerprint density at radius 2 is 1.61 bits per heavy atom. The van der Waals surface area contributed by atoms with Gasteiger partial charge in [0.05, 0.1) is 11.9 Å². The number of nitrogens with zero attached hydrogens (tertiary/aromatic N) is 2. The van der Waals surface area contributed by atoms with Crippen LogP contribution in [0.2, 0.25) is 0 Å². The topological polar surface area (TPSA) is 66.9 Å². The summed E-state index contributed by atoms with van der Waals surface area (Å²) in [5.74, 6) is 0.426. The molecule has 0 heterocycles. The molecule has 1 amide bonds. The maximum Gasteiger partial charge on any atom is 0.263 e. The number of carbonyl (C=O) groups is 1. The van der Waals surface area contributed by atoms with Crippen LogP contribution in [-0.4, -0.2) is 45.7 Å². The highest BCUT2D eigenvalue weighted by atomic mass is 32.2. The Hall–Kier alpha value is -2.54. The lowest BCUT2D eigenvalue weighted by molar-refractivity contribution is -0.138. The van der Waals surface area contributed by atoms with E-state index in [2.05, 4.69) is 0 Å². The van der Waals surface area contributed by atoms with Gasteiger partial charge in [-0.05, 0) is 43.2 Å². The van der Waals surface area contributed by atoms with Gasteiger partial charge in [0.15, 0.2) is 6.10 Å². The van der Waals surface area contributed by atoms with Crippen molar-refractivity contribution in [2.24, 2.45) is 0 Å². The first-order chi connectivity index (χ1) is 13.1. The molecule has 0 radical (unpaired) electrons. The lowest BCUT2D eigenvalue weighted by Gasteiger charge is -2.24. The van der Waals surface area contributed by atoms with E-state index in [4.69, 9.17) is 4.74 Å². The second-order valence-electron chi connectivity index (χ2n) is 6.92. The Bertz CT molecular complexity index is 893. The number of ether oxygens (including phenoxy) is 1. The van der Waals surface area contributed by atoms with E-state index in [9.17, 15) is 13.2 Å². The minimum atomic E-state index is -3.32. The summed E-state index contributed by atoms with van der Waals surface area (Å²) in [6.45, 7) is 4.43. The minimum absolute atomic E-state index is 0.0968. The summed E-state index contributed by atoms with van der Waals surface area (Å²) in [5.41, 5.74) is 2.77. The Labute approximate surface area is 167 Å². The summed E-state index contributed by atoms with van der Waals surface area (Å²) in [5, 5.41) is 0. The molecule has 7 heteroatoms. The van der Waals surface area contributed by atoms with Crippen molar-refractivity contribution in [3.63, 3.8) is 0 Å². The van der Waals surface area contributed by atoms with Crippen LogP contribution in [0.15, 0.2) is 48.5 Å². The van der Waals surface area contributed by atoms with Gasteiger partial charge in [0.1, 0.15) is 5.75 Å². The van der Waals surface area contributed by atoms with Gasteiger partial charge in [0, 0.05) is 20.6 Å². The lowest BCUT2D eigenvalue weighted by Crippen LogP contribution is -2.39. The van der Waals surface area contributed by atoms with Crippen LogP contribution in [0.3, 0.4) is 0 Å². The van der Waals surface area contributed by atoms with Gasteiger partial charge >= 0.3 is 0 Å². The molecule has 0 bridgehead atoms. The van der Waals surface area contributed by atoms with Crippen LogP contribution in [0, 0.1) is 6.92 Å². The maximum absolute atomic E-state index is 12.8. The molecule has 0 spiro atoms. The molecule has 0 fully saturated rings. The third-order valence-corrected chi connectivity index (χ3v) is 5.74. The van der Waals surface area contributed by atoms with Crippen LogP contribution in [0.5, 0.6) is 5.75 Å². The summed E-state index contributed by atoms with van der Waals surface area (Å²) < 4.78 is 30.3. The molecule has 0 saturated heterocycles. The normalized spacial score (nSPS) is 12.3. The molecule has 6 nitrogen and oxygen atoms in total. The van der Waals surface area contributed by atoms with Gasteiger partial charge in [0.25, 0.3) is 5.91 Å². The molecule has 0 aliphatic heterocycles. The van der Waals surface area contributed by atoms with Crippen LogP contribution >= 0.6 is 0 Å². The highest BCUT2D eigenvalue weighted by Gasteiger charge is 2.22. The number of hydrogen-bond acceptors (Lipinski definition) is 4. The van der Waals surface area contributed by atoms with Crippen LogP contribution in [0.25, 0.3) is 0 Å². The van der Waals surface area contributed by atoms with Gasteiger partial charge in [-0.25, -0.2) is 8.42 Å². The van der Waals surface area contributed by atoms with E-state index in [0.29, 0.717) is 24.4 Å². The Morgan fingerprint density at radius 1 is 1.04 bits per heavy atom. The zero-order valence-corrected chi connectivity index (χ0v) is 17.9. The van der Waals surface area contributed by atoms with E-state index >= 15 is 0 Å². The van der Waals surface area contributed by atoms with E-state index in [1.165, 1.54) is 16.9 Å². The number of benzene rings is 2. The van der Waals surface area contributed by atoms with E-state index in [0.717, 1.165) is 11.8 Å². The third-order valence-electron chi connectivity index (χ3n) is 4.54. The molecule has 1 atom stereocenters. The molecular weight excluding hydrogens is 376 g/mol. The Kier molecular flexibility index (Phi) is 7.07. The van der Waals surface area contributed by atoms with Crippen molar-refractivity contribution in [1.82, 2.24) is 4.90 Å². The number of anilines is 1. The number of rotatable bonds is 8. The molecule has 0 aliphatic rings. The summed E-state index contributed by atoms with van der Waals surface area (Å²) >= 11 is 0. The molecular formula is C21H28N2O4S. The van der Waals surface area contributed by atoms with E-state index in [1.54, 1.807) is 36.2 Å². The molecule has 28 heavy (non-hydrogen) atoms. The van der Waals surface area contributed by atoms with Gasteiger partial charge in [0.2, 0.25) is 10.0 Å². The van der Waals surface area contributed by atoms with E-state index < -0.39 is 16.1 Å². The Balaban J connectivity index is 2.04. The summed E-state index contributed by atoms with van der Waals surface area (Å²) in [6.07, 6.45) is 1.07. The SMILES string of the molecule is CCC(Oc1ccc(N(C)S(C)(=O)=O)cc1)C(=O)N(C)Cc1ccc(C)cc1. The van der Waals surface area contributed by atoms with Crippen molar-refractivity contribution in [2.45, 2.75) is 32.9 Å². The zero-order valence-electron chi connectivity index (χ0n) is 17.0.